The Morgan fingerprint density at radius 1 is 1.14 bits per heavy atom. The molecule has 2 fully saturated rings. The molecule has 28 heavy (non-hydrogen) atoms. The third-order valence-corrected chi connectivity index (χ3v) is 5.81. The summed E-state index contributed by atoms with van der Waals surface area (Å²) in [4.78, 5) is 5.02. The van der Waals surface area contributed by atoms with Gasteiger partial charge in [-0.15, -0.1) is 24.0 Å². The molecule has 0 unspecified atom stereocenters. The Bertz CT molecular complexity index is 594. The molecule has 6 heteroatoms. The van der Waals surface area contributed by atoms with Crippen LogP contribution in [0.25, 0.3) is 0 Å². The van der Waals surface area contributed by atoms with Gasteiger partial charge in [-0.1, -0.05) is 25.0 Å². The summed E-state index contributed by atoms with van der Waals surface area (Å²) in [5.41, 5.74) is 1.39. The monoisotopic (exact) mass is 501 g/mol. The van der Waals surface area contributed by atoms with E-state index in [2.05, 4.69) is 41.8 Å². The maximum Gasteiger partial charge on any atom is 0.191 e. The Labute approximate surface area is 187 Å². The average Bonchev–Trinajstić information content (AvgIpc) is 3.21. The summed E-state index contributed by atoms with van der Waals surface area (Å²) in [6.07, 6.45) is 7.17. The Morgan fingerprint density at radius 2 is 1.82 bits per heavy atom. The molecular weight excluding hydrogens is 465 g/mol. The number of rotatable bonds is 7. The van der Waals surface area contributed by atoms with Gasteiger partial charge in [0.15, 0.2) is 5.96 Å². The van der Waals surface area contributed by atoms with Gasteiger partial charge < -0.3 is 20.1 Å². The van der Waals surface area contributed by atoms with E-state index in [-0.39, 0.29) is 29.4 Å². The minimum Gasteiger partial charge on any atom is -0.494 e. The topological polar surface area (TPSA) is 54.9 Å². The Morgan fingerprint density at radius 3 is 2.43 bits per heavy atom. The number of aliphatic imine (C=N–C) groups is 1. The molecular formula is C22H36IN3O2. The van der Waals surface area contributed by atoms with Gasteiger partial charge in [0.05, 0.1) is 13.2 Å². The molecule has 1 saturated heterocycles. The summed E-state index contributed by atoms with van der Waals surface area (Å²) in [7, 11) is 0. The standard InChI is InChI=1S/C22H35N3O2.HI/c1-3-23-21(25-19-7-5-6-8-19)24-17-22(13-15-26-16-14-22)18-9-11-20(12-10-18)27-4-2;/h9-12,19H,3-8,13-17H2,1-2H3,(H2,23,24,25);1H. The lowest BCUT2D eigenvalue weighted by atomic mass is 9.74. The van der Waals surface area contributed by atoms with E-state index in [1.807, 2.05) is 6.92 Å². The minimum absolute atomic E-state index is 0. The molecule has 1 saturated carbocycles. The van der Waals surface area contributed by atoms with Gasteiger partial charge in [0.2, 0.25) is 0 Å². The van der Waals surface area contributed by atoms with Gasteiger partial charge in [0, 0.05) is 31.2 Å². The van der Waals surface area contributed by atoms with Crippen molar-refractivity contribution in [1.29, 1.82) is 0 Å². The quantitative estimate of drug-likeness (QED) is 0.333. The molecule has 0 amide bonds. The molecule has 5 nitrogen and oxygen atoms in total. The highest BCUT2D eigenvalue weighted by Gasteiger charge is 2.34. The minimum atomic E-state index is 0. The van der Waals surface area contributed by atoms with Crippen LogP contribution in [0.3, 0.4) is 0 Å². The van der Waals surface area contributed by atoms with Gasteiger partial charge in [0.1, 0.15) is 5.75 Å². The fourth-order valence-corrected chi connectivity index (χ4v) is 4.19. The van der Waals surface area contributed by atoms with E-state index < -0.39 is 0 Å². The molecule has 0 spiro atoms. The van der Waals surface area contributed by atoms with Crippen molar-refractivity contribution in [3.8, 4) is 5.75 Å². The molecule has 2 aliphatic rings. The zero-order chi connectivity index (χ0) is 19.0. The number of benzene rings is 1. The van der Waals surface area contributed by atoms with Crippen molar-refractivity contribution < 1.29 is 9.47 Å². The zero-order valence-corrected chi connectivity index (χ0v) is 19.7. The average molecular weight is 501 g/mol. The maximum absolute atomic E-state index is 5.67. The zero-order valence-electron chi connectivity index (χ0n) is 17.3. The predicted molar refractivity (Wildman–Crippen MR) is 126 cm³/mol. The normalized spacial score (nSPS) is 19.7. The molecule has 1 aromatic rings. The number of nitrogens with one attached hydrogen (secondary N) is 2. The van der Waals surface area contributed by atoms with E-state index in [0.717, 1.165) is 50.9 Å². The Kier molecular flexibility index (Phi) is 9.85. The van der Waals surface area contributed by atoms with Crippen molar-refractivity contribution in [3.05, 3.63) is 29.8 Å². The molecule has 1 aromatic carbocycles. The predicted octanol–water partition coefficient (Wildman–Crippen LogP) is 4.25. The summed E-state index contributed by atoms with van der Waals surface area (Å²) in [5, 5.41) is 7.07. The SMILES string of the molecule is CCNC(=NCC1(c2ccc(OCC)cc2)CCOCC1)NC1CCCC1.I. The van der Waals surface area contributed by atoms with Gasteiger partial charge in [-0.25, -0.2) is 0 Å². The van der Waals surface area contributed by atoms with Gasteiger partial charge in [-0.3, -0.25) is 4.99 Å². The number of halogens is 1. The Hall–Kier alpha value is -1.02. The van der Waals surface area contributed by atoms with Gasteiger partial charge >= 0.3 is 0 Å². The van der Waals surface area contributed by atoms with Crippen LogP contribution in [0.4, 0.5) is 0 Å². The smallest absolute Gasteiger partial charge is 0.191 e. The molecule has 3 rings (SSSR count). The van der Waals surface area contributed by atoms with E-state index in [0.29, 0.717) is 12.6 Å². The molecule has 0 aromatic heterocycles. The first kappa shape index (κ1) is 23.3. The summed E-state index contributed by atoms with van der Waals surface area (Å²) >= 11 is 0. The fraction of sp³-hybridized carbons (Fsp3) is 0.682. The molecule has 1 heterocycles. The second-order valence-corrected chi connectivity index (χ2v) is 7.67. The molecule has 0 atom stereocenters. The molecule has 2 N–H and O–H groups in total. The van der Waals surface area contributed by atoms with E-state index in [4.69, 9.17) is 14.5 Å². The first-order valence-corrected chi connectivity index (χ1v) is 10.6. The lowest BCUT2D eigenvalue weighted by Crippen LogP contribution is -2.44. The van der Waals surface area contributed by atoms with Crippen LogP contribution < -0.4 is 15.4 Å². The highest BCUT2D eigenvalue weighted by Crippen LogP contribution is 2.36. The summed E-state index contributed by atoms with van der Waals surface area (Å²) < 4.78 is 11.3. The van der Waals surface area contributed by atoms with Crippen molar-refractivity contribution in [2.45, 2.75) is 63.8 Å². The van der Waals surface area contributed by atoms with Crippen LogP contribution in [-0.2, 0) is 10.2 Å². The highest BCUT2D eigenvalue weighted by atomic mass is 127. The van der Waals surface area contributed by atoms with Gasteiger partial charge in [-0.05, 0) is 57.2 Å². The molecule has 1 aliphatic heterocycles. The largest absolute Gasteiger partial charge is 0.494 e. The fourth-order valence-electron chi connectivity index (χ4n) is 4.19. The van der Waals surface area contributed by atoms with Crippen molar-refractivity contribution in [2.24, 2.45) is 4.99 Å². The van der Waals surface area contributed by atoms with E-state index >= 15 is 0 Å². The van der Waals surface area contributed by atoms with E-state index in [1.54, 1.807) is 0 Å². The van der Waals surface area contributed by atoms with Crippen molar-refractivity contribution in [2.75, 3.05) is 32.9 Å². The second kappa shape index (κ2) is 11.9. The highest BCUT2D eigenvalue weighted by molar-refractivity contribution is 14.0. The summed E-state index contributed by atoms with van der Waals surface area (Å²) in [6, 6.07) is 9.16. The number of hydrogen-bond donors (Lipinski definition) is 2. The van der Waals surface area contributed by atoms with Crippen LogP contribution in [-0.4, -0.2) is 44.9 Å². The first-order valence-electron chi connectivity index (χ1n) is 10.6. The molecule has 1 aliphatic carbocycles. The first-order chi connectivity index (χ1) is 13.3. The third-order valence-electron chi connectivity index (χ3n) is 5.81. The van der Waals surface area contributed by atoms with Crippen LogP contribution in [0, 0.1) is 0 Å². The van der Waals surface area contributed by atoms with Crippen LogP contribution in [0.2, 0.25) is 0 Å². The van der Waals surface area contributed by atoms with Crippen LogP contribution in [0.1, 0.15) is 57.9 Å². The summed E-state index contributed by atoms with van der Waals surface area (Å²) in [5.74, 6) is 1.89. The number of guanidine groups is 1. The molecule has 0 bridgehead atoms. The van der Waals surface area contributed by atoms with E-state index in [1.165, 1.54) is 31.2 Å². The maximum atomic E-state index is 5.67. The Balaban J connectivity index is 0.00000280. The van der Waals surface area contributed by atoms with Crippen molar-refractivity contribution in [3.63, 3.8) is 0 Å². The third kappa shape index (κ3) is 6.24. The lowest BCUT2D eigenvalue weighted by Gasteiger charge is -2.37. The molecule has 158 valence electrons. The van der Waals surface area contributed by atoms with Gasteiger partial charge in [0.25, 0.3) is 0 Å². The van der Waals surface area contributed by atoms with Crippen molar-refractivity contribution >= 4 is 29.9 Å². The number of hydrogen-bond acceptors (Lipinski definition) is 3. The lowest BCUT2D eigenvalue weighted by molar-refractivity contribution is 0.0531. The van der Waals surface area contributed by atoms with Crippen LogP contribution >= 0.6 is 24.0 Å². The van der Waals surface area contributed by atoms with Crippen LogP contribution in [0.15, 0.2) is 29.3 Å². The van der Waals surface area contributed by atoms with Crippen LogP contribution in [0.5, 0.6) is 5.75 Å². The van der Waals surface area contributed by atoms with E-state index in [9.17, 15) is 0 Å². The second-order valence-electron chi connectivity index (χ2n) is 7.67. The molecule has 0 radical (unpaired) electrons. The van der Waals surface area contributed by atoms with Crippen molar-refractivity contribution in [1.82, 2.24) is 10.6 Å². The number of ether oxygens (including phenoxy) is 2. The summed E-state index contributed by atoms with van der Waals surface area (Å²) in [6.45, 7) is 8.11. The number of nitrogens with zero attached hydrogens (tertiary/aromatic N) is 1. The van der Waals surface area contributed by atoms with Gasteiger partial charge in [-0.2, -0.15) is 0 Å².